The van der Waals surface area contributed by atoms with Crippen LogP contribution in [-0.4, -0.2) is 41.2 Å². The number of ether oxygens (including phenoxy) is 1. The summed E-state index contributed by atoms with van der Waals surface area (Å²) in [6, 6.07) is 13.3. The van der Waals surface area contributed by atoms with Crippen LogP contribution in [0.25, 0.3) is 0 Å². The summed E-state index contributed by atoms with van der Waals surface area (Å²) in [5.41, 5.74) is 6.89. The molecule has 0 saturated heterocycles. The second kappa shape index (κ2) is 11.2. The Labute approximate surface area is 179 Å². The number of nitrogens with two attached hydrogens (primary N) is 1. The minimum atomic E-state index is -1.33. The lowest BCUT2D eigenvalue weighted by atomic mass is 10.0. The van der Waals surface area contributed by atoms with Crippen LogP contribution in [0.4, 0.5) is 4.79 Å². The summed E-state index contributed by atoms with van der Waals surface area (Å²) >= 11 is 5.84. The first-order valence-corrected chi connectivity index (χ1v) is 9.63. The van der Waals surface area contributed by atoms with Crippen LogP contribution in [0.15, 0.2) is 54.6 Å². The number of hydrogen-bond acceptors (Lipinski definition) is 5. The highest BCUT2D eigenvalue weighted by Crippen LogP contribution is 2.11. The van der Waals surface area contributed by atoms with Gasteiger partial charge in [0, 0.05) is 11.4 Å². The van der Waals surface area contributed by atoms with Crippen molar-refractivity contribution < 1.29 is 24.2 Å². The van der Waals surface area contributed by atoms with Crippen LogP contribution in [0.1, 0.15) is 18.1 Å². The van der Waals surface area contributed by atoms with Crippen LogP contribution in [0.5, 0.6) is 0 Å². The Bertz CT molecular complexity index is 859. The number of amides is 3. The van der Waals surface area contributed by atoms with Gasteiger partial charge in [0.1, 0.15) is 18.7 Å². The number of aliphatic hydroxyl groups excluding tert-OH is 1. The van der Waals surface area contributed by atoms with Crippen molar-refractivity contribution in [1.29, 1.82) is 0 Å². The van der Waals surface area contributed by atoms with E-state index in [0.717, 1.165) is 11.1 Å². The van der Waals surface area contributed by atoms with E-state index in [9.17, 15) is 19.5 Å². The first-order chi connectivity index (χ1) is 14.3. The SMILES string of the molecule is C[C@@H](O)[C@H](NC(=O)OCc1ccccc1)C(=O)N[C@@H](Cc1ccc(Cl)cc1)C(N)=O. The maximum absolute atomic E-state index is 12.6. The van der Waals surface area contributed by atoms with Gasteiger partial charge < -0.3 is 26.2 Å². The fraction of sp³-hybridized carbons (Fsp3) is 0.286. The van der Waals surface area contributed by atoms with Crippen LogP contribution in [-0.2, 0) is 27.4 Å². The van der Waals surface area contributed by atoms with Crippen molar-refractivity contribution >= 4 is 29.5 Å². The molecule has 0 bridgehead atoms. The molecule has 0 radical (unpaired) electrons. The predicted molar refractivity (Wildman–Crippen MR) is 112 cm³/mol. The van der Waals surface area contributed by atoms with Crippen LogP contribution in [0, 0.1) is 0 Å². The zero-order valence-corrected chi connectivity index (χ0v) is 17.1. The Kier molecular flexibility index (Phi) is 8.64. The molecular weight excluding hydrogens is 410 g/mol. The molecular formula is C21H24ClN3O5. The zero-order chi connectivity index (χ0) is 22.1. The molecule has 3 atom stereocenters. The third kappa shape index (κ3) is 7.38. The molecule has 2 rings (SSSR count). The highest BCUT2D eigenvalue weighted by atomic mass is 35.5. The van der Waals surface area contributed by atoms with Crippen molar-refractivity contribution in [2.45, 2.75) is 38.1 Å². The number of carbonyl (C=O) groups excluding carboxylic acids is 3. The van der Waals surface area contributed by atoms with Gasteiger partial charge in [0.15, 0.2) is 0 Å². The van der Waals surface area contributed by atoms with E-state index in [1.165, 1.54) is 6.92 Å². The fourth-order valence-corrected chi connectivity index (χ4v) is 2.76. The Morgan fingerprint density at radius 3 is 2.23 bits per heavy atom. The van der Waals surface area contributed by atoms with Crippen molar-refractivity contribution in [3.05, 3.63) is 70.7 Å². The van der Waals surface area contributed by atoms with Crippen molar-refractivity contribution in [3.8, 4) is 0 Å². The third-order valence-corrected chi connectivity index (χ3v) is 4.52. The normalized spacial score (nSPS) is 13.6. The summed E-state index contributed by atoms with van der Waals surface area (Å²) in [7, 11) is 0. The van der Waals surface area contributed by atoms with E-state index in [0.29, 0.717) is 5.02 Å². The highest BCUT2D eigenvalue weighted by Gasteiger charge is 2.29. The van der Waals surface area contributed by atoms with E-state index in [-0.39, 0.29) is 13.0 Å². The van der Waals surface area contributed by atoms with Crippen LogP contribution in [0.2, 0.25) is 5.02 Å². The standard InChI is InChI=1S/C21H24ClN3O5/c1-13(26)18(25-21(29)30-12-15-5-3-2-4-6-15)20(28)24-17(19(23)27)11-14-7-9-16(22)10-8-14/h2-10,13,17-18,26H,11-12H2,1H3,(H2,23,27)(H,24,28)(H,25,29)/t13-,17+,18+/m1/s1. The first kappa shape index (κ1) is 23.2. The van der Waals surface area contributed by atoms with Crippen molar-refractivity contribution in [1.82, 2.24) is 10.6 Å². The lowest BCUT2D eigenvalue weighted by molar-refractivity contribution is -0.130. The van der Waals surface area contributed by atoms with Gasteiger partial charge in [-0.05, 0) is 30.2 Å². The summed E-state index contributed by atoms with van der Waals surface area (Å²) in [6.45, 7) is 1.33. The Morgan fingerprint density at radius 1 is 1.03 bits per heavy atom. The van der Waals surface area contributed by atoms with Gasteiger partial charge in [-0.25, -0.2) is 4.79 Å². The summed E-state index contributed by atoms with van der Waals surface area (Å²) in [5, 5.41) is 15.2. The van der Waals surface area contributed by atoms with Crippen LogP contribution < -0.4 is 16.4 Å². The van der Waals surface area contributed by atoms with Gasteiger partial charge in [-0.15, -0.1) is 0 Å². The molecule has 8 nitrogen and oxygen atoms in total. The van der Waals surface area contributed by atoms with Gasteiger partial charge in [-0.1, -0.05) is 54.1 Å². The fourth-order valence-electron chi connectivity index (χ4n) is 2.64. The maximum atomic E-state index is 12.6. The van der Waals surface area contributed by atoms with Crippen LogP contribution in [0.3, 0.4) is 0 Å². The van der Waals surface area contributed by atoms with E-state index in [1.807, 2.05) is 6.07 Å². The molecule has 160 valence electrons. The molecule has 0 aliphatic carbocycles. The zero-order valence-electron chi connectivity index (χ0n) is 16.4. The number of hydrogen-bond donors (Lipinski definition) is 4. The second-order valence-corrected chi connectivity index (χ2v) is 7.15. The van der Waals surface area contributed by atoms with E-state index < -0.39 is 36.1 Å². The molecule has 3 amide bonds. The molecule has 0 unspecified atom stereocenters. The maximum Gasteiger partial charge on any atom is 0.408 e. The van der Waals surface area contributed by atoms with Gasteiger partial charge in [0.2, 0.25) is 11.8 Å². The second-order valence-electron chi connectivity index (χ2n) is 6.72. The number of carbonyl (C=O) groups is 3. The van der Waals surface area contributed by atoms with E-state index in [2.05, 4.69) is 10.6 Å². The molecule has 0 saturated carbocycles. The smallest absolute Gasteiger partial charge is 0.408 e. The van der Waals surface area contributed by atoms with Gasteiger partial charge >= 0.3 is 6.09 Å². The third-order valence-electron chi connectivity index (χ3n) is 4.26. The summed E-state index contributed by atoms with van der Waals surface area (Å²) in [4.78, 5) is 36.4. The number of rotatable bonds is 9. The molecule has 0 aliphatic rings. The van der Waals surface area contributed by atoms with E-state index in [1.54, 1.807) is 48.5 Å². The number of aliphatic hydroxyl groups is 1. The molecule has 9 heteroatoms. The lowest BCUT2D eigenvalue weighted by Gasteiger charge is -2.23. The lowest BCUT2D eigenvalue weighted by Crippen LogP contribution is -2.57. The molecule has 0 fully saturated rings. The summed E-state index contributed by atoms with van der Waals surface area (Å²) in [6.07, 6.45) is -1.99. The number of alkyl carbamates (subject to hydrolysis) is 1. The average Bonchev–Trinajstić information content (AvgIpc) is 2.71. The predicted octanol–water partition coefficient (Wildman–Crippen LogP) is 1.53. The van der Waals surface area contributed by atoms with Gasteiger partial charge in [-0.3, -0.25) is 9.59 Å². The minimum Gasteiger partial charge on any atom is -0.445 e. The average molecular weight is 434 g/mol. The molecule has 30 heavy (non-hydrogen) atoms. The largest absolute Gasteiger partial charge is 0.445 e. The molecule has 2 aromatic carbocycles. The van der Waals surface area contributed by atoms with Gasteiger partial charge in [0.05, 0.1) is 6.10 Å². The van der Waals surface area contributed by atoms with E-state index in [4.69, 9.17) is 22.1 Å². The Hall–Kier alpha value is -3.10. The van der Waals surface area contributed by atoms with Crippen molar-refractivity contribution in [2.75, 3.05) is 0 Å². The molecule has 0 heterocycles. The first-order valence-electron chi connectivity index (χ1n) is 9.25. The quantitative estimate of drug-likeness (QED) is 0.476. The number of benzene rings is 2. The molecule has 0 aliphatic heterocycles. The Morgan fingerprint density at radius 2 is 1.67 bits per heavy atom. The number of primary amides is 1. The molecule has 5 N–H and O–H groups in total. The monoisotopic (exact) mass is 433 g/mol. The topological polar surface area (TPSA) is 131 Å². The number of halogens is 1. The van der Waals surface area contributed by atoms with Gasteiger partial charge in [-0.2, -0.15) is 0 Å². The highest BCUT2D eigenvalue weighted by molar-refractivity contribution is 6.30. The molecule has 0 aromatic heterocycles. The van der Waals surface area contributed by atoms with Crippen molar-refractivity contribution in [3.63, 3.8) is 0 Å². The summed E-state index contributed by atoms with van der Waals surface area (Å²) < 4.78 is 5.07. The molecule has 2 aromatic rings. The summed E-state index contributed by atoms with van der Waals surface area (Å²) in [5.74, 6) is -1.52. The Balaban J connectivity index is 1.97. The van der Waals surface area contributed by atoms with Crippen molar-refractivity contribution in [2.24, 2.45) is 5.73 Å². The number of nitrogens with one attached hydrogen (secondary N) is 2. The van der Waals surface area contributed by atoms with Crippen LogP contribution >= 0.6 is 11.6 Å². The minimum absolute atomic E-state index is 0.00129. The molecule has 0 spiro atoms. The van der Waals surface area contributed by atoms with E-state index >= 15 is 0 Å². The van der Waals surface area contributed by atoms with Gasteiger partial charge in [0.25, 0.3) is 0 Å².